The molecule has 1 fully saturated rings. The summed E-state index contributed by atoms with van der Waals surface area (Å²) >= 11 is 5.99. The summed E-state index contributed by atoms with van der Waals surface area (Å²) < 4.78 is 0. The van der Waals surface area contributed by atoms with E-state index in [2.05, 4.69) is 31.4 Å². The first kappa shape index (κ1) is 23.2. The molecule has 1 heterocycles. The lowest BCUT2D eigenvalue weighted by atomic mass is 9.84. The van der Waals surface area contributed by atoms with E-state index in [0.717, 1.165) is 16.5 Å². The van der Waals surface area contributed by atoms with Crippen LogP contribution in [0.15, 0.2) is 42.5 Å². The molecule has 10 heteroatoms. The number of nitro groups is 1. The van der Waals surface area contributed by atoms with Gasteiger partial charge in [0, 0.05) is 12.1 Å². The van der Waals surface area contributed by atoms with Gasteiger partial charge in [-0.15, -0.1) is 0 Å². The van der Waals surface area contributed by atoms with Gasteiger partial charge in [-0.1, -0.05) is 56.6 Å². The normalized spacial score (nSPS) is 18.5. The number of anilines is 1. The van der Waals surface area contributed by atoms with Crippen LogP contribution in [0.1, 0.15) is 38.8 Å². The highest BCUT2D eigenvalue weighted by Gasteiger charge is 2.49. The van der Waals surface area contributed by atoms with Crippen LogP contribution in [0.4, 0.5) is 16.2 Å². The maximum Gasteiger partial charge on any atom is 0.325 e. The third-order valence-corrected chi connectivity index (χ3v) is 5.67. The van der Waals surface area contributed by atoms with Gasteiger partial charge < -0.3 is 10.6 Å². The minimum Gasteiger partial charge on any atom is -0.323 e. The zero-order valence-electron chi connectivity index (χ0n) is 18.1. The lowest BCUT2D eigenvalue weighted by molar-refractivity contribution is -0.384. The lowest BCUT2D eigenvalue weighted by Gasteiger charge is -2.24. The Morgan fingerprint density at radius 1 is 1.19 bits per heavy atom. The number of rotatable bonds is 5. The largest absolute Gasteiger partial charge is 0.325 e. The highest BCUT2D eigenvalue weighted by molar-refractivity contribution is 6.33. The van der Waals surface area contributed by atoms with Crippen molar-refractivity contribution in [1.82, 2.24) is 10.2 Å². The van der Waals surface area contributed by atoms with E-state index in [1.54, 1.807) is 19.1 Å². The summed E-state index contributed by atoms with van der Waals surface area (Å²) in [6.45, 7) is 7.22. The molecule has 1 atom stereocenters. The molecule has 168 valence electrons. The SMILES string of the molecule is CC(C)(C)c1ccc([C@@]2(C)NC(=O)N(CC(=O)Nc3cc([N+](=O)[O-])ccc3Cl)C2=O)cc1. The van der Waals surface area contributed by atoms with Crippen LogP contribution in [0, 0.1) is 10.1 Å². The smallest absolute Gasteiger partial charge is 0.323 e. The van der Waals surface area contributed by atoms with E-state index in [0.29, 0.717) is 5.56 Å². The number of nitrogens with one attached hydrogen (secondary N) is 2. The number of nitrogens with zero attached hydrogens (tertiary/aromatic N) is 2. The number of amides is 4. The average molecular weight is 459 g/mol. The monoisotopic (exact) mass is 458 g/mol. The molecule has 1 aliphatic rings. The zero-order chi connectivity index (χ0) is 23.8. The van der Waals surface area contributed by atoms with Gasteiger partial charge in [0.2, 0.25) is 5.91 Å². The van der Waals surface area contributed by atoms with Gasteiger partial charge in [0.1, 0.15) is 12.1 Å². The zero-order valence-corrected chi connectivity index (χ0v) is 18.8. The predicted molar refractivity (Wildman–Crippen MR) is 119 cm³/mol. The maximum atomic E-state index is 13.1. The summed E-state index contributed by atoms with van der Waals surface area (Å²) in [5.74, 6) is -1.30. The first-order chi connectivity index (χ1) is 14.8. The van der Waals surface area contributed by atoms with Crippen molar-refractivity contribution < 1.29 is 19.3 Å². The van der Waals surface area contributed by atoms with Gasteiger partial charge >= 0.3 is 6.03 Å². The van der Waals surface area contributed by atoms with Crippen molar-refractivity contribution in [3.05, 3.63) is 68.7 Å². The van der Waals surface area contributed by atoms with E-state index in [1.807, 2.05) is 12.1 Å². The topological polar surface area (TPSA) is 122 Å². The number of carbonyl (C=O) groups excluding carboxylic acids is 3. The summed E-state index contributed by atoms with van der Waals surface area (Å²) in [6, 6.07) is 10.2. The first-order valence-corrected chi connectivity index (χ1v) is 10.2. The van der Waals surface area contributed by atoms with Gasteiger partial charge in [-0.2, -0.15) is 0 Å². The molecule has 0 radical (unpaired) electrons. The Morgan fingerprint density at radius 3 is 2.38 bits per heavy atom. The quantitative estimate of drug-likeness (QED) is 0.399. The number of urea groups is 1. The number of carbonyl (C=O) groups is 3. The van der Waals surface area contributed by atoms with Crippen LogP contribution >= 0.6 is 11.6 Å². The average Bonchev–Trinajstić information content (AvgIpc) is 2.93. The fourth-order valence-electron chi connectivity index (χ4n) is 3.40. The third-order valence-electron chi connectivity index (χ3n) is 5.34. The molecule has 0 aliphatic carbocycles. The molecule has 2 aromatic rings. The minimum absolute atomic E-state index is 0.0125. The van der Waals surface area contributed by atoms with Crippen LogP contribution in [0.25, 0.3) is 0 Å². The highest BCUT2D eigenvalue weighted by atomic mass is 35.5. The molecular formula is C22H23ClN4O5. The molecule has 9 nitrogen and oxygen atoms in total. The van der Waals surface area contributed by atoms with Crippen molar-refractivity contribution in [3.63, 3.8) is 0 Å². The number of non-ortho nitro benzene ring substituents is 1. The summed E-state index contributed by atoms with van der Waals surface area (Å²) in [5, 5.41) is 16.1. The summed E-state index contributed by atoms with van der Waals surface area (Å²) in [7, 11) is 0. The van der Waals surface area contributed by atoms with Gasteiger partial charge in [0.05, 0.1) is 15.6 Å². The van der Waals surface area contributed by atoms with Gasteiger partial charge in [0.25, 0.3) is 11.6 Å². The molecular weight excluding hydrogens is 436 g/mol. The number of hydrogen-bond acceptors (Lipinski definition) is 5. The molecule has 0 unspecified atom stereocenters. The minimum atomic E-state index is -1.32. The molecule has 1 saturated heterocycles. The molecule has 2 aromatic carbocycles. The lowest BCUT2D eigenvalue weighted by Crippen LogP contribution is -2.42. The van der Waals surface area contributed by atoms with E-state index in [-0.39, 0.29) is 21.8 Å². The van der Waals surface area contributed by atoms with Crippen molar-refractivity contribution in [2.24, 2.45) is 0 Å². The molecule has 32 heavy (non-hydrogen) atoms. The third kappa shape index (κ3) is 4.43. The van der Waals surface area contributed by atoms with E-state index in [4.69, 9.17) is 11.6 Å². The predicted octanol–water partition coefficient (Wildman–Crippen LogP) is 3.95. The molecule has 0 saturated carbocycles. The summed E-state index contributed by atoms with van der Waals surface area (Å²) in [5.41, 5.74) is 0.0293. The Kier molecular flexibility index (Phi) is 5.97. The Bertz CT molecular complexity index is 1110. The number of halogens is 1. The van der Waals surface area contributed by atoms with Gasteiger partial charge in [-0.3, -0.25) is 24.6 Å². The van der Waals surface area contributed by atoms with E-state index in [1.165, 1.54) is 12.1 Å². The van der Waals surface area contributed by atoms with Crippen LogP contribution < -0.4 is 10.6 Å². The molecule has 4 amide bonds. The van der Waals surface area contributed by atoms with Crippen LogP contribution in [-0.4, -0.2) is 34.2 Å². The van der Waals surface area contributed by atoms with Gasteiger partial charge in [-0.25, -0.2) is 4.79 Å². The number of benzene rings is 2. The van der Waals surface area contributed by atoms with Crippen molar-refractivity contribution in [1.29, 1.82) is 0 Å². The van der Waals surface area contributed by atoms with Crippen molar-refractivity contribution >= 4 is 40.8 Å². The van der Waals surface area contributed by atoms with E-state index in [9.17, 15) is 24.5 Å². The number of imide groups is 1. The summed E-state index contributed by atoms with van der Waals surface area (Å²) in [4.78, 5) is 49.2. The van der Waals surface area contributed by atoms with Crippen LogP contribution in [-0.2, 0) is 20.5 Å². The Labute approximate surface area is 189 Å². The maximum absolute atomic E-state index is 13.1. The molecule has 0 bridgehead atoms. The first-order valence-electron chi connectivity index (χ1n) is 9.82. The Morgan fingerprint density at radius 2 is 1.81 bits per heavy atom. The second kappa shape index (κ2) is 8.23. The molecule has 2 N–H and O–H groups in total. The Balaban J connectivity index is 1.77. The van der Waals surface area contributed by atoms with E-state index < -0.39 is 34.9 Å². The molecule has 0 spiro atoms. The standard InChI is InChI=1S/C22H23ClN4O5/c1-21(2,3)13-5-7-14(8-6-13)22(4)19(29)26(20(30)25-22)12-18(28)24-17-11-15(27(31)32)9-10-16(17)23/h5-11H,12H2,1-4H3,(H,24,28)(H,25,30)/t22-/m1/s1. The second-order valence-corrected chi connectivity index (χ2v) is 9.15. The fraction of sp³-hybridized carbons (Fsp3) is 0.318. The number of nitro benzene ring substituents is 1. The molecule has 3 rings (SSSR count). The highest BCUT2D eigenvalue weighted by Crippen LogP contribution is 2.31. The summed E-state index contributed by atoms with van der Waals surface area (Å²) in [6.07, 6.45) is 0. The fourth-order valence-corrected chi connectivity index (χ4v) is 3.56. The van der Waals surface area contributed by atoms with Crippen LogP contribution in [0.2, 0.25) is 5.02 Å². The van der Waals surface area contributed by atoms with Crippen molar-refractivity contribution in [2.45, 2.75) is 38.6 Å². The van der Waals surface area contributed by atoms with Gasteiger partial charge in [-0.05, 0) is 29.5 Å². The van der Waals surface area contributed by atoms with Crippen molar-refractivity contribution in [2.75, 3.05) is 11.9 Å². The Hall–Kier alpha value is -3.46. The van der Waals surface area contributed by atoms with Gasteiger partial charge in [0.15, 0.2) is 0 Å². The number of hydrogen-bond donors (Lipinski definition) is 2. The second-order valence-electron chi connectivity index (χ2n) is 8.74. The van der Waals surface area contributed by atoms with Crippen LogP contribution in [0.3, 0.4) is 0 Å². The van der Waals surface area contributed by atoms with Crippen molar-refractivity contribution in [3.8, 4) is 0 Å². The van der Waals surface area contributed by atoms with E-state index >= 15 is 0 Å². The molecule has 0 aromatic heterocycles. The molecule has 1 aliphatic heterocycles. The van der Waals surface area contributed by atoms with Crippen LogP contribution in [0.5, 0.6) is 0 Å².